The van der Waals surface area contributed by atoms with Gasteiger partial charge >= 0.3 is 12.2 Å². The minimum Gasteiger partial charge on any atom is -0.453 e. The van der Waals surface area contributed by atoms with Crippen LogP contribution in [0.4, 0.5) is 9.59 Å². The van der Waals surface area contributed by atoms with Crippen LogP contribution in [0.3, 0.4) is 0 Å². The van der Waals surface area contributed by atoms with Crippen molar-refractivity contribution in [2.75, 3.05) is 33.9 Å². The molecule has 338 valence electrons. The molecule has 2 aliphatic rings. The van der Waals surface area contributed by atoms with Crippen molar-refractivity contribution in [3.63, 3.8) is 0 Å². The summed E-state index contributed by atoms with van der Waals surface area (Å²) in [7, 11) is 2.94. The largest absolute Gasteiger partial charge is 0.453 e. The molecule has 4 N–H and O–H groups in total. The van der Waals surface area contributed by atoms with Gasteiger partial charge in [0.05, 0.1) is 49.6 Å². The average molecular weight is 873 g/mol. The number of amides is 4. The molecule has 15 nitrogen and oxygen atoms in total. The van der Waals surface area contributed by atoms with Crippen LogP contribution in [0.15, 0.2) is 91.3 Å². The van der Waals surface area contributed by atoms with Crippen molar-refractivity contribution in [2.45, 2.75) is 84.2 Å². The number of likely N-dealkylation sites (tertiary alicyclic amines) is 2. The first kappa shape index (κ1) is 45.5. The Hall–Kier alpha value is -6.48. The van der Waals surface area contributed by atoms with Crippen LogP contribution in [0.25, 0.3) is 33.6 Å². The van der Waals surface area contributed by atoms with Crippen LogP contribution in [0.1, 0.15) is 89.7 Å². The second kappa shape index (κ2) is 19.5. The molecule has 2 fully saturated rings. The van der Waals surface area contributed by atoms with Crippen LogP contribution >= 0.6 is 0 Å². The van der Waals surface area contributed by atoms with Crippen LogP contribution in [-0.2, 0) is 23.8 Å². The molecule has 0 saturated carbocycles. The Balaban J connectivity index is 1.03. The third-order valence-corrected chi connectivity index (χ3v) is 11.8. The maximum Gasteiger partial charge on any atom is 0.408 e. The summed E-state index contributed by atoms with van der Waals surface area (Å²) in [5.74, 6) is 1.16. The molecule has 0 aliphatic carbocycles. The highest BCUT2D eigenvalue weighted by atomic mass is 16.6. The van der Waals surface area contributed by atoms with Crippen LogP contribution in [0.5, 0.6) is 0 Å². The standard InChI is InChI=1S/C49H60N8O7/c1-29(2)41(54-47(60)63-8)45(58)57-27-31(28-62-7)23-40(57)44-51-25-38(53-44)35-20-16-33(17-21-35)32-14-18-34(19-15-32)37-24-50-43(52-37)39-22-30(3)26-56(39)46(59)42(36-12-10-9-11-13-36)55-48(61)64-49(4,5)6/h9-21,24-25,29-31,39-42H,22-23,26-28H2,1-8H3,(H,50,52)(H,51,53)(H,54,60)(H,55,61)/t30-,31-,39-,40-,41-,42+/m0/s1. The number of nitrogens with zero attached hydrogens (tertiary/aromatic N) is 4. The minimum absolute atomic E-state index is 0.117. The summed E-state index contributed by atoms with van der Waals surface area (Å²) in [6.07, 6.45) is 3.69. The number of carbonyl (C=O) groups excluding carboxylic acids is 4. The quantitative estimate of drug-likeness (QED) is 0.0906. The molecule has 0 bridgehead atoms. The summed E-state index contributed by atoms with van der Waals surface area (Å²) < 4.78 is 15.8. The zero-order chi connectivity index (χ0) is 45.7. The number of rotatable bonds is 13. The molecule has 0 spiro atoms. The zero-order valence-corrected chi connectivity index (χ0v) is 37.9. The number of benzene rings is 3. The topological polar surface area (TPSA) is 184 Å². The van der Waals surface area contributed by atoms with Gasteiger partial charge in [-0.05, 0) is 73.3 Å². The highest BCUT2D eigenvalue weighted by Gasteiger charge is 2.42. The maximum absolute atomic E-state index is 14.3. The second-order valence-corrected chi connectivity index (χ2v) is 18.3. The first-order valence-electron chi connectivity index (χ1n) is 21.9. The fourth-order valence-corrected chi connectivity index (χ4v) is 8.72. The number of aromatic amines is 2. The van der Waals surface area contributed by atoms with Crippen molar-refractivity contribution in [1.29, 1.82) is 0 Å². The number of hydrogen-bond donors (Lipinski definition) is 4. The van der Waals surface area contributed by atoms with Crippen molar-refractivity contribution in [3.05, 3.63) is 108 Å². The van der Waals surface area contributed by atoms with E-state index in [0.29, 0.717) is 43.3 Å². The molecule has 0 radical (unpaired) electrons. The molecule has 64 heavy (non-hydrogen) atoms. The lowest BCUT2D eigenvalue weighted by molar-refractivity contribution is -0.136. The summed E-state index contributed by atoms with van der Waals surface area (Å²) in [4.78, 5) is 73.3. The molecule has 2 aromatic heterocycles. The van der Waals surface area contributed by atoms with Gasteiger partial charge in [0.2, 0.25) is 5.91 Å². The van der Waals surface area contributed by atoms with E-state index in [1.165, 1.54) is 7.11 Å². The highest BCUT2D eigenvalue weighted by Crippen LogP contribution is 2.38. The van der Waals surface area contributed by atoms with Gasteiger partial charge in [-0.3, -0.25) is 9.59 Å². The maximum atomic E-state index is 14.3. The van der Waals surface area contributed by atoms with E-state index >= 15 is 0 Å². The number of alkyl carbamates (subject to hydrolysis) is 2. The number of aromatic nitrogens is 4. The van der Waals surface area contributed by atoms with Crippen molar-refractivity contribution in [2.24, 2.45) is 17.8 Å². The predicted octanol–water partition coefficient (Wildman–Crippen LogP) is 8.23. The van der Waals surface area contributed by atoms with Gasteiger partial charge in [0.25, 0.3) is 5.91 Å². The van der Waals surface area contributed by atoms with Gasteiger partial charge in [-0.15, -0.1) is 0 Å². The second-order valence-electron chi connectivity index (χ2n) is 18.3. The smallest absolute Gasteiger partial charge is 0.408 e. The van der Waals surface area contributed by atoms with E-state index < -0.39 is 29.9 Å². The number of H-pyrrole nitrogens is 2. The van der Waals surface area contributed by atoms with Crippen LogP contribution < -0.4 is 10.6 Å². The molecular weight excluding hydrogens is 813 g/mol. The lowest BCUT2D eigenvalue weighted by Gasteiger charge is -2.30. The Morgan fingerprint density at radius 2 is 1.25 bits per heavy atom. The van der Waals surface area contributed by atoms with Crippen LogP contribution in [0.2, 0.25) is 0 Å². The number of ether oxygens (including phenoxy) is 3. The number of methoxy groups -OCH3 is 2. The summed E-state index contributed by atoms with van der Waals surface area (Å²) >= 11 is 0. The highest BCUT2D eigenvalue weighted by molar-refractivity contribution is 5.88. The predicted molar refractivity (Wildman–Crippen MR) is 242 cm³/mol. The fraction of sp³-hybridized carbons (Fsp3) is 0.429. The molecule has 4 heterocycles. The molecule has 7 rings (SSSR count). The Bertz CT molecular complexity index is 2390. The Labute approximate surface area is 374 Å². The zero-order valence-electron chi connectivity index (χ0n) is 37.9. The van der Waals surface area contributed by atoms with Crippen LogP contribution in [0, 0.1) is 17.8 Å². The van der Waals surface area contributed by atoms with Crippen LogP contribution in [-0.4, -0.2) is 99.3 Å². The van der Waals surface area contributed by atoms with E-state index in [9.17, 15) is 19.2 Å². The molecule has 2 aliphatic heterocycles. The molecule has 6 atom stereocenters. The molecule has 0 unspecified atom stereocenters. The first-order valence-corrected chi connectivity index (χ1v) is 21.9. The number of imidazole rings is 2. The fourth-order valence-electron chi connectivity index (χ4n) is 8.72. The van der Waals surface area contributed by atoms with Gasteiger partial charge < -0.3 is 44.6 Å². The van der Waals surface area contributed by atoms with Crippen molar-refractivity contribution >= 4 is 24.0 Å². The third-order valence-electron chi connectivity index (χ3n) is 11.8. The average Bonchev–Trinajstić information content (AvgIpc) is 4.11. The summed E-state index contributed by atoms with van der Waals surface area (Å²) in [5.41, 5.74) is 5.60. The molecule has 2 saturated heterocycles. The van der Waals surface area contributed by atoms with E-state index in [-0.39, 0.29) is 41.7 Å². The number of hydrogen-bond acceptors (Lipinski definition) is 9. The van der Waals surface area contributed by atoms with E-state index in [4.69, 9.17) is 24.2 Å². The normalized spacial score (nSPS) is 19.6. The van der Waals surface area contributed by atoms with E-state index in [1.54, 1.807) is 45.2 Å². The lowest BCUT2D eigenvalue weighted by Crippen LogP contribution is -2.51. The Kier molecular flexibility index (Phi) is 13.9. The summed E-state index contributed by atoms with van der Waals surface area (Å²) in [6, 6.07) is 23.4. The number of carbonyl (C=O) groups is 4. The van der Waals surface area contributed by atoms with E-state index in [1.807, 2.05) is 73.3 Å². The van der Waals surface area contributed by atoms with E-state index in [2.05, 4.69) is 51.8 Å². The third kappa shape index (κ3) is 10.5. The number of nitrogens with one attached hydrogen (secondary N) is 4. The molecule has 15 heteroatoms. The van der Waals surface area contributed by atoms with Gasteiger partial charge in [0, 0.05) is 26.1 Å². The molecule has 3 aromatic carbocycles. The van der Waals surface area contributed by atoms with Crippen molar-refractivity contribution < 1.29 is 33.4 Å². The Morgan fingerprint density at radius 1 is 0.719 bits per heavy atom. The first-order chi connectivity index (χ1) is 30.6. The summed E-state index contributed by atoms with van der Waals surface area (Å²) in [5, 5.41) is 5.54. The minimum atomic E-state index is -0.923. The molecule has 4 amide bonds. The lowest BCUT2D eigenvalue weighted by atomic mass is 10.0. The van der Waals surface area contributed by atoms with Gasteiger partial charge in [-0.1, -0.05) is 99.6 Å². The van der Waals surface area contributed by atoms with Gasteiger partial charge in [0.15, 0.2) is 0 Å². The van der Waals surface area contributed by atoms with E-state index in [0.717, 1.165) is 40.1 Å². The van der Waals surface area contributed by atoms with Gasteiger partial charge in [-0.25, -0.2) is 19.6 Å². The molecular formula is C49H60N8O7. The van der Waals surface area contributed by atoms with Gasteiger partial charge in [0.1, 0.15) is 29.3 Å². The Morgan fingerprint density at radius 3 is 1.77 bits per heavy atom. The monoisotopic (exact) mass is 872 g/mol. The van der Waals surface area contributed by atoms with Gasteiger partial charge in [-0.2, -0.15) is 0 Å². The SMILES string of the molecule is COC[C@H]1C[C@@H](c2ncc(-c3ccc(-c4ccc(-c5cnc([C@@H]6C[C@H](C)CN6C(=O)[C@H](NC(=O)OC(C)(C)C)c6ccccc6)[nH]5)cc4)cc3)[nH]2)N(C(=O)[C@@H](NC(=O)OC)C(C)C)C1. The molecule has 5 aromatic rings. The van der Waals surface area contributed by atoms with Crippen molar-refractivity contribution in [3.8, 4) is 33.6 Å². The summed E-state index contributed by atoms with van der Waals surface area (Å²) in [6.45, 7) is 12.8. The van der Waals surface area contributed by atoms with Crippen molar-refractivity contribution in [1.82, 2.24) is 40.4 Å².